The van der Waals surface area contributed by atoms with E-state index < -0.39 is 0 Å². The molecule has 40 heavy (non-hydrogen) atoms. The molecule has 4 aromatic rings. The fraction of sp³-hybridized carbons (Fsp3) is 0.324. The van der Waals surface area contributed by atoms with Gasteiger partial charge in [0.15, 0.2) is 0 Å². The predicted molar refractivity (Wildman–Crippen MR) is 167 cm³/mol. The highest BCUT2D eigenvalue weighted by molar-refractivity contribution is 5.71. The Bertz CT molecular complexity index is 1500. The van der Waals surface area contributed by atoms with Crippen LogP contribution in [0, 0.1) is 13.5 Å². The van der Waals surface area contributed by atoms with Gasteiger partial charge in [0.05, 0.1) is 6.54 Å². The second-order valence-corrected chi connectivity index (χ2v) is 12.1. The third-order valence-corrected chi connectivity index (χ3v) is 9.49. The zero-order valence-corrected chi connectivity index (χ0v) is 23.9. The third kappa shape index (κ3) is 4.98. The van der Waals surface area contributed by atoms with E-state index in [-0.39, 0.29) is 0 Å². The maximum atomic E-state index is 3.62. The van der Waals surface area contributed by atoms with E-state index in [1.54, 1.807) is 0 Å². The minimum absolute atomic E-state index is 0.341. The highest BCUT2D eigenvalue weighted by Crippen LogP contribution is 2.36. The lowest BCUT2D eigenvalue weighted by atomic mass is 9.86. The summed E-state index contributed by atoms with van der Waals surface area (Å²) in [4.78, 5) is 5.07. The van der Waals surface area contributed by atoms with Crippen LogP contribution < -0.4 is 10.2 Å². The Labute approximate surface area is 239 Å². The molecule has 4 aromatic carbocycles. The molecule has 2 atom stereocenters. The summed E-state index contributed by atoms with van der Waals surface area (Å²) in [5, 5.41) is 3.62. The van der Waals surface area contributed by atoms with Crippen molar-refractivity contribution in [2.45, 2.75) is 51.1 Å². The van der Waals surface area contributed by atoms with Gasteiger partial charge >= 0.3 is 0 Å². The van der Waals surface area contributed by atoms with Crippen LogP contribution in [0.15, 0.2) is 84.9 Å². The van der Waals surface area contributed by atoms with Crippen LogP contribution in [0.1, 0.15) is 63.9 Å². The van der Waals surface area contributed by atoms with Crippen molar-refractivity contribution in [3.05, 3.63) is 130 Å². The second kappa shape index (κ2) is 10.9. The van der Waals surface area contributed by atoms with Gasteiger partial charge in [-0.25, -0.2) is 0 Å². The summed E-state index contributed by atoms with van der Waals surface area (Å²) in [6.45, 7) is 7.93. The predicted octanol–water partition coefficient (Wildman–Crippen LogP) is 7.43. The molecule has 3 heterocycles. The minimum Gasteiger partial charge on any atom is -0.372 e. The fourth-order valence-corrected chi connectivity index (χ4v) is 7.07. The van der Waals surface area contributed by atoms with E-state index in [1.165, 1.54) is 81.7 Å². The lowest BCUT2D eigenvalue weighted by Crippen LogP contribution is -2.33. The van der Waals surface area contributed by atoms with Crippen LogP contribution in [0.4, 0.5) is 5.69 Å². The molecule has 0 bridgehead atoms. The lowest BCUT2D eigenvalue weighted by molar-refractivity contribution is 0.229. The van der Waals surface area contributed by atoms with Gasteiger partial charge in [-0.05, 0) is 108 Å². The van der Waals surface area contributed by atoms with E-state index in [0.717, 1.165) is 25.8 Å². The molecular formula is C37H40N3. The number of hydrogen-bond acceptors (Lipinski definition) is 3. The van der Waals surface area contributed by atoms with Gasteiger partial charge in [-0.2, -0.15) is 0 Å². The van der Waals surface area contributed by atoms with Crippen molar-refractivity contribution in [2.24, 2.45) is 0 Å². The molecule has 0 amide bonds. The Kier molecular flexibility index (Phi) is 6.95. The zero-order valence-electron chi connectivity index (χ0n) is 23.9. The van der Waals surface area contributed by atoms with Crippen LogP contribution in [0.3, 0.4) is 0 Å². The van der Waals surface area contributed by atoms with Gasteiger partial charge in [-0.1, -0.05) is 72.8 Å². The zero-order chi connectivity index (χ0) is 27.1. The van der Waals surface area contributed by atoms with Crippen molar-refractivity contribution in [1.82, 2.24) is 10.2 Å². The van der Waals surface area contributed by atoms with Crippen LogP contribution in [-0.2, 0) is 19.3 Å². The molecule has 0 aromatic heterocycles. The van der Waals surface area contributed by atoms with E-state index in [0.29, 0.717) is 12.1 Å². The van der Waals surface area contributed by atoms with Gasteiger partial charge < -0.3 is 10.2 Å². The normalized spacial score (nSPS) is 20.8. The maximum absolute atomic E-state index is 3.62. The van der Waals surface area contributed by atoms with Crippen LogP contribution in [-0.4, -0.2) is 31.6 Å². The summed E-state index contributed by atoms with van der Waals surface area (Å²) in [6, 6.07) is 33.1. The molecule has 3 aliphatic heterocycles. The summed E-state index contributed by atoms with van der Waals surface area (Å²) < 4.78 is 0. The summed E-state index contributed by atoms with van der Waals surface area (Å²) in [7, 11) is 2.29. The van der Waals surface area contributed by atoms with Crippen LogP contribution in [0.5, 0.6) is 0 Å². The molecular weight excluding hydrogens is 486 g/mol. The summed E-state index contributed by atoms with van der Waals surface area (Å²) in [5.74, 6) is 0. The van der Waals surface area contributed by atoms with Crippen molar-refractivity contribution in [2.75, 3.05) is 31.6 Å². The second-order valence-electron chi connectivity index (χ2n) is 12.1. The van der Waals surface area contributed by atoms with Crippen molar-refractivity contribution in [3.63, 3.8) is 0 Å². The maximum Gasteiger partial charge on any atom is 0.0526 e. The average molecular weight is 527 g/mol. The Morgan fingerprint density at radius 2 is 1.65 bits per heavy atom. The van der Waals surface area contributed by atoms with E-state index in [1.807, 2.05) is 0 Å². The van der Waals surface area contributed by atoms with Crippen LogP contribution in [0.2, 0.25) is 0 Å². The summed E-state index contributed by atoms with van der Waals surface area (Å²) in [6.07, 6.45) is 5.83. The largest absolute Gasteiger partial charge is 0.372 e. The van der Waals surface area contributed by atoms with E-state index in [2.05, 4.69) is 121 Å². The van der Waals surface area contributed by atoms with Crippen molar-refractivity contribution in [1.29, 1.82) is 0 Å². The Balaban J connectivity index is 1.08. The molecule has 1 N–H and O–H groups in total. The van der Waals surface area contributed by atoms with Gasteiger partial charge in [0.25, 0.3) is 0 Å². The Morgan fingerprint density at radius 3 is 2.48 bits per heavy atom. The molecule has 203 valence electrons. The number of nitrogens with zero attached hydrogens (tertiary/aromatic N) is 2. The standard InChI is InChI=1S/C37H40N3/c1-26-21-33(40-18-5-6-19-40)14-16-34(26)30-13-15-35-31(23-30)17-20-39(2)37(35)22-27-9-11-28(12-10-27)36-24-29-7-3-4-8-32(29)25-38-36/h3-4,7-16,21,23,25,36-38H,5-6,17-20,22,24H2,1-2H3/t36-,37?/m0/s1. The molecule has 1 radical (unpaired) electrons. The van der Waals surface area contributed by atoms with Gasteiger partial charge in [-0.3, -0.25) is 4.90 Å². The van der Waals surface area contributed by atoms with Gasteiger partial charge in [0, 0.05) is 37.4 Å². The first-order valence-electron chi connectivity index (χ1n) is 15.1. The van der Waals surface area contributed by atoms with Gasteiger partial charge in [0.1, 0.15) is 0 Å². The number of anilines is 1. The molecule has 0 saturated carbocycles. The molecule has 1 saturated heterocycles. The van der Waals surface area contributed by atoms with Gasteiger partial charge in [0.2, 0.25) is 0 Å². The van der Waals surface area contributed by atoms with Gasteiger partial charge in [-0.15, -0.1) is 0 Å². The molecule has 3 heteroatoms. The molecule has 3 aliphatic rings. The highest BCUT2D eigenvalue weighted by atomic mass is 15.1. The summed E-state index contributed by atoms with van der Waals surface area (Å²) >= 11 is 0. The van der Waals surface area contributed by atoms with Crippen LogP contribution in [0.25, 0.3) is 11.1 Å². The molecule has 1 unspecified atom stereocenters. The fourth-order valence-electron chi connectivity index (χ4n) is 7.07. The van der Waals surface area contributed by atoms with Crippen molar-refractivity contribution < 1.29 is 0 Å². The SMILES string of the molecule is Cc1cc(N2CCCC2)ccc1-c1ccc2c(c1)CCN(C)C2Cc1ccc([C@@H]2Cc3ccccc3[CH]N2)cc1. The summed E-state index contributed by atoms with van der Waals surface area (Å²) in [5.41, 5.74) is 14.0. The smallest absolute Gasteiger partial charge is 0.0526 e. The number of hydrogen-bond donors (Lipinski definition) is 1. The average Bonchev–Trinajstić information content (AvgIpc) is 3.54. The topological polar surface area (TPSA) is 18.5 Å². The number of likely N-dealkylation sites (N-methyl/N-ethyl adjacent to an activating group) is 1. The number of fused-ring (bicyclic) bond motifs is 2. The van der Waals surface area contributed by atoms with E-state index in [9.17, 15) is 0 Å². The first kappa shape index (κ1) is 25.6. The van der Waals surface area contributed by atoms with E-state index >= 15 is 0 Å². The first-order chi connectivity index (χ1) is 19.6. The third-order valence-electron chi connectivity index (χ3n) is 9.49. The van der Waals surface area contributed by atoms with E-state index in [4.69, 9.17) is 0 Å². The number of aryl methyl sites for hydroxylation is 1. The Hall–Kier alpha value is -3.40. The monoisotopic (exact) mass is 526 g/mol. The number of nitrogens with one attached hydrogen (secondary N) is 1. The lowest BCUT2D eigenvalue weighted by Gasteiger charge is -2.35. The molecule has 3 nitrogen and oxygen atoms in total. The molecule has 7 rings (SSSR count). The highest BCUT2D eigenvalue weighted by Gasteiger charge is 2.26. The van der Waals surface area contributed by atoms with Crippen molar-refractivity contribution in [3.8, 4) is 11.1 Å². The van der Waals surface area contributed by atoms with Crippen LogP contribution >= 0.6 is 0 Å². The molecule has 0 aliphatic carbocycles. The first-order valence-corrected chi connectivity index (χ1v) is 15.1. The Morgan fingerprint density at radius 1 is 0.825 bits per heavy atom. The van der Waals surface area contributed by atoms with Crippen molar-refractivity contribution >= 4 is 5.69 Å². The number of rotatable bonds is 5. The number of benzene rings is 4. The minimum atomic E-state index is 0.341. The quantitative estimate of drug-likeness (QED) is 0.292. The molecule has 1 fully saturated rings. The molecule has 0 spiro atoms.